The Morgan fingerprint density at radius 3 is 2.46 bits per heavy atom. The van der Waals surface area contributed by atoms with Crippen LogP contribution < -0.4 is 15.8 Å². The lowest BCUT2D eigenvalue weighted by atomic mass is 10.1. The number of aryl methyl sites for hydroxylation is 1. The van der Waals surface area contributed by atoms with Crippen LogP contribution in [0.25, 0.3) is 0 Å². The molecule has 2 rings (SSSR count). The van der Waals surface area contributed by atoms with Gasteiger partial charge < -0.3 is 10.2 Å². The summed E-state index contributed by atoms with van der Waals surface area (Å²) in [5.74, 6) is -0.0666. The minimum atomic E-state index is -0.245. The van der Waals surface area contributed by atoms with Crippen molar-refractivity contribution in [1.82, 2.24) is 9.55 Å². The Morgan fingerprint density at radius 1 is 1.23 bits per heavy atom. The number of benzene rings is 1. The third-order valence-corrected chi connectivity index (χ3v) is 4.42. The van der Waals surface area contributed by atoms with E-state index >= 15 is 0 Å². The summed E-state index contributed by atoms with van der Waals surface area (Å²) < 4.78 is 1.32. The molecule has 0 aliphatic heterocycles. The molecule has 1 aromatic heterocycles. The van der Waals surface area contributed by atoms with Gasteiger partial charge in [-0.05, 0) is 50.5 Å². The van der Waals surface area contributed by atoms with Crippen molar-refractivity contribution >= 4 is 17.3 Å². The third kappa shape index (κ3) is 4.71. The molecule has 0 aliphatic rings. The maximum Gasteiger partial charge on any atom is 0.254 e. The molecule has 0 spiro atoms. The Morgan fingerprint density at radius 2 is 1.92 bits per heavy atom. The molecule has 0 atom stereocenters. The van der Waals surface area contributed by atoms with Gasteiger partial charge in [-0.15, -0.1) is 0 Å². The van der Waals surface area contributed by atoms with E-state index in [1.807, 2.05) is 32.9 Å². The fourth-order valence-corrected chi connectivity index (χ4v) is 2.79. The van der Waals surface area contributed by atoms with Crippen molar-refractivity contribution in [2.45, 2.75) is 47.1 Å². The standard InChI is InChI=1S/C20H28N4O2/c1-6-23(7-2)16-8-9-17(15(5)10-16)22-19(25)12-24-13-21-18(14(3)4)11-20(24)26/h8-11,13-14H,6-7,12H2,1-5H3,(H,22,25). The summed E-state index contributed by atoms with van der Waals surface area (Å²) in [4.78, 5) is 30.9. The highest BCUT2D eigenvalue weighted by molar-refractivity contribution is 5.91. The second-order valence-electron chi connectivity index (χ2n) is 6.65. The van der Waals surface area contributed by atoms with E-state index in [1.54, 1.807) is 0 Å². The van der Waals surface area contributed by atoms with Crippen molar-refractivity contribution in [1.29, 1.82) is 0 Å². The fourth-order valence-electron chi connectivity index (χ4n) is 2.79. The Hall–Kier alpha value is -2.63. The molecule has 0 unspecified atom stereocenters. The molecule has 1 aromatic carbocycles. The Kier molecular flexibility index (Phi) is 6.55. The minimum absolute atomic E-state index is 0.0541. The number of anilines is 2. The molecule has 1 amide bonds. The van der Waals surface area contributed by atoms with E-state index in [-0.39, 0.29) is 23.9 Å². The number of amides is 1. The van der Waals surface area contributed by atoms with Gasteiger partial charge in [0.05, 0.1) is 12.0 Å². The van der Waals surface area contributed by atoms with Crippen LogP contribution in [0.4, 0.5) is 11.4 Å². The second kappa shape index (κ2) is 8.65. The number of hydrogen-bond acceptors (Lipinski definition) is 4. The molecule has 0 saturated heterocycles. The van der Waals surface area contributed by atoms with Gasteiger partial charge >= 0.3 is 0 Å². The molecule has 26 heavy (non-hydrogen) atoms. The van der Waals surface area contributed by atoms with Gasteiger partial charge in [0, 0.05) is 30.5 Å². The summed E-state index contributed by atoms with van der Waals surface area (Å²) in [5.41, 5.74) is 3.39. The van der Waals surface area contributed by atoms with E-state index in [0.29, 0.717) is 0 Å². The van der Waals surface area contributed by atoms with Crippen molar-refractivity contribution in [3.8, 4) is 0 Å². The van der Waals surface area contributed by atoms with Gasteiger partial charge in [-0.3, -0.25) is 14.2 Å². The van der Waals surface area contributed by atoms with Gasteiger partial charge in [0.15, 0.2) is 0 Å². The molecular weight excluding hydrogens is 328 g/mol. The van der Waals surface area contributed by atoms with Crippen LogP contribution in [0, 0.1) is 6.92 Å². The minimum Gasteiger partial charge on any atom is -0.372 e. The topological polar surface area (TPSA) is 67.2 Å². The third-order valence-electron chi connectivity index (χ3n) is 4.42. The fraction of sp³-hybridized carbons (Fsp3) is 0.450. The number of rotatable bonds is 7. The van der Waals surface area contributed by atoms with E-state index in [0.717, 1.165) is 35.7 Å². The SMILES string of the molecule is CCN(CC)c1ccc(NC(=O)Cn2cnc(C(C)C)cc2=O)c(C)c1. The molecule has 6 nitrogen and oxygen atoms in total. The van der Waals surface area contributed by atoms with Crippen molar-refractivity contribution in [2.75, 3.05) is 23.3 Å². The predicted octanol–water partition coefficient (Wildman–Crippen LogP) is 3.16. The highest BCUT2D eigenvalue weighted by Gasteiger charge is 2.10. The highest BCUT2D eigenvalue weighted by Crippen LogP contribution is 2.22. The van der Waals surface area contributed by atoms with E-state index in [1.165, 1.54) is 17.0 Å². The molecular formula is C20H28N4O2. The second-order valence-corrected chi connectivity index (χ2v) is 6.65. The molecule has 6 heteroatoms. The maximum atomic E-state index is 12.3. The zero-order valence-corrected chi connectivity index (χ0v) is 16.2. The lowest BCUT2D eigenvalue weighted by molar-refractivity contribution is -0.116. The van der Waals surface area contributed by atoms with Crippen molar-refractivity contribution in [3.63, 3.8) is 0 Å². The Bertz CT molecular complexity index is 823. The number of hydrogen-bond donors (Lipinski definition) is 1. The van der Waals surface area contributed by atoms with E-state index in [2.05, 4.69) is 35.1 Å². The number of carbonyl (C=O) groups excluding carboxylic acids is 1. The van der Waals surface area contributed by atoms with E-state index in [4.69, 9.17) is 0 Å². The number of aromatic nitrogens is 2. The average molecular weight is 356 g/mol. The lowest BCUT2D eigenvalue weighted by Gasteiger charge is -2.22. The zero-order valence-electron chi connectivity index (χ0n) is 16.2. The summed E-state index contributed by atoms with van der Waals surface area (Å²) >= 11 is 0. The van der Waals surface area contributed by atoms with Gasteiger partial charge in [-0.2, -0.15) is 0 Å². The lowest BCUT2D eigenvalue weighted by Crippen LogP contribution is -2.28. The monoisotopic (exact) mass is 356 g/mol. The smallest absolute Gasteiger partial charge is 0.254 e. The van der Waals surface area contributed by atoms with Crippen LogP contribution in [0.2, 0.25) is 0 Å². The first-order chi connectivity index (χ1) is 12.3. The van der Waals surface area contributed by atoms with Crippen LogP contribution in [0.1, 0.15) is 44.9 Å². The molecule has 1 N–H and O–H groups in total. The summed E-state index contributed by atoms with van der Waals surface area (Å²) in [7, 11) is 0. The van der Waals surface area contributed by atoms with Crippen LogP contribution in [0.15, 0.2) is 35.4 Å². The number of nitrogens with zero attached hydrogens (tertiary/aromatic N) is 3. The van der Waals surface area contributed by atoms with Crippen LogP contribution in [-0.2, 0) is 11.3 Å². The molecule has 140 valence electrons. The largest absolute Gasteiger partial charge is 0.372 e. The molecule has 0 bridgehead atoms. The number of nitrogens with one attached hydrogen (secondary N) is 1. The first-order valence-electron chi connectivity index (χ1n) is 9.07. The predicted molar refractivity (Wildman–Crippen MR) is 106 cm³/mol. The van der Waals surface area contributed by atoms with E-state index in [9.17, 15) is 9.59 Å². The summed E-state index contributed by atoms with van der Waals surface area (Å²) in [5, 5.41) is 2.88. The van der Waals surface area contributed by atoms with Gasteiger partial charge in [0.25, 0.3) is 5.56 Å². The van der Waals surface area contributed by atoms with Crippen molar-refractivity contribution in [3.05, 3.63) is 52.2 Å². The molecule has 0 fully saturated rings. The van der Waals surface area contributed by atoms with Crippen molar-refractivity contribution in [2.24, 2.45) is 0 Å². The molecule has 0 radical (unpaired) electrons. The molecule has 1 heterocycles. The van der Waals surface area contributed by atoms with Gasteiger partial charge in [-0.1, -0.05) is 13.8 Å². The highest BCUT2D eigenvalue weighted by atomic mass is 16.2. The summed E-state index contributed by atoms with van der Waals surface area (Å²) in [6, 6.07) is 7.46. The summed E-state index contributed by atoms with van der Waals surface area (Å²) in [6.45, 7) is 12.0. The Balaban J connectivity index is 2.09. The van der Waals surface area contributed by atoms with Gasteiger partial charge in [-0.25, -0.2) is 4.98 Å². The zero-order chi connectivity index (χ0) is 19.3. The van der Waals surface area contributed by atoms with Gasteiger partial charge in [0.1, 0.15) is 6.54 Å². The first-order valence-corrected chi connectivity index (χ1v) is 9.07. The van der Waals surface area contributed by atoms with Crippen LogP contribution in [0.5, 0.6) is 0 Å². The number of carbonyl (C=O) groups is 1. The molecule has 0 saturated carbocycles. The quantitative estimate of drug-likeness (QED) is 0.827. The average Bonchev–Trinajstić information content (AvgIpc) is 2.60. The van der Waals surface area contributed by atoms with E-state index < -0.39 is 0 Å². The summed E-state index contributed by atoms with van der Waals surface area (Å²) in [6.07, 6.45) is 1.44. The van der Waals surface area contributed by atoms with Crippen LogP contribution in [0.3, 0.4) is 0 Å². The molecule has 0 aliphatic carbocycles. The van der Waals surface area contributed by atoms with Crippen molar-refractivity contribution < 1.29 is 4.79 Å². The maximum absolute atomic E-state index is 12.3. The molecule has 2 aromatic rings. The van der Waals surface area contributed by atoms with Crippen LogP contribution in [-0.4, -0.2) is 28.5 Å². The normalized spacial score (nSPS) is 10.8. The van der Waals surface area contributed by atoms with Gasteiger partial charge in [0.2, 0.25) is 5.91 Å². The first kappa shape index (κ1) is 19.7. The Labute approximate surface area is 154 Å². The van der Waals surface area contributed by atoms with Crippen LogP contribution >= 0.6 is 0 Å².